The molecule has 1 N–H and O–H groups in total. The summed E-state index contributed by atoms with van der Waals surface area (Å²) in [7, 11) is 0. The first kappa shape index (κ1) is 23.3. The highest BCUT2D eigenvalue weighted by atomic mass is 16.2. The van der Waals surface area contributed by atoms with Crippen molar-refractivity contribution in [1.29, 1.82) is 0 Å². The van der Waals surface area contributed by atoms with E-state index in [0.29, 0.717) is 31.6 Å². The summed E-state index contributed by atoms with van der Waals surface area (Å²) in [5, 5.41) is 3.12. The summed E-state index contributed by atoms with van der Waals surface area (Å²) in [5.74, 6) is -0.181. The van der Waals surface area contributed by atoms with Gasteiger partial charge in [-0.15, -0.1) is 0 Å². The lowest BCUT2D eigenvalue weighted by Crippen LogP contribution is -2.48. The number of nitrogens with zero attached hydrogens (tertiary/aromatic N) is 2. The maximum absolute atomic E-state index is 12.9. The first-order chi connectivity index (χ1) is 14.4. The molecule has 0 aromatic heterocycles. The number of nitrogens with one attached hydrogen (secondary N) is 1. The third-order valence-corrected chi connectivity index (χ3v) is 6.44. The molecule has 0 radical (unpaired) electrons. The number of carbonyl (C=O) groups is 3. The van der Waals surface area contributed by atoms with Gasteiger partial charge in [0, 0.05) is 43.2 Å². The summed E-state index contributed by atoms with van der Waals surface area (Å²) in [6.45, 7) is 14.2. The molecule has 170 valence electrons. The zero-order chi connectivity index (χ0) is 23.0. The normalized spacial score (nSPS) is 20.8. The fraction of sp³-hybridized carbons (Fsp3) is 0.640. The van der Waals surface area contributed by atoms with Crippen LogP contribution in [0.5, 0.6) is 0 Å². The van der Waals surface area contributed by atoms with E-state index in [2.05, 4.69) is 26.1 Å². The van der Waals surface area contributed by atoms with Gasteiger partial charge in [-0.2, -0.15) is 0 Å². The first-order valence-electron chi connectivity index (χ1n) is 11.4. The van der Waals surface area contributed by atoms with Crippen LogP contribution in [0.1, 0.15) is 76.7 Å². The molecule has 2 saturated heterocycles. The van der Waals surface area contributed by atoms with Gasteiger partial charge in [-0.1, -0.05) is 32.9 Å². The summed E-state index contributed by atoms with van der Waals surface area (Å²) in [5.41, 5.74) is 1.67. The minimum absolute atomic E-state index is 0.0578. The van der Waals surface area contributed by atoms with Gasteiger partial charge in [-0.05, 0) is 56.7 Å². The third-order valence-electron chi connectivity index (χ3n) is 6.44. The molecule has 6 heteroatoms. The molecule has 0 bridgehead atoms. The summed E-state index contributed by atoms with van der Waals surface area (Å²) < 4.78 is 0. The zero-order valence-electron chi connectivity index (χ0n) is 19.8. The summed E-state index contributed by atoms with van der Waals surface area (Å²) in [4.78, 5) is 41.6. The molecule has 2 heterocycles. The van der Waals surface area contributed by atoms with E-state index in [-0.39, 0.29) is 40.6 Å². The summed E-state index contributed by atoms with van der Waals surface area (Å²) in [6.07, 6.45) is 1.78. The molecule has 2 fully saturated rings. The predicted molar refractivity (Wildman–Crippen MR) is 122 cm³/mol. The van der Waals surface area contributed by atoms with Crippen molar-refractivity contribution in [3.05, 3.63) is 35.4 Å². The van der Waals surface area contributed by atoms with Gasteiger partial charge in [0.15, 0.2) is 0 Å². The highest BCUT2D eigenvalue weighted by Crippen LogP contribution is 2.28. The molecule has 31 heavy (non-hydrogen) atoms. The Balaban J connectivity index is 1.50. The van der Waals surface area contributed by atoms with E-state index in [1.807, 2.05) is 54.8 Å². The molecule has 3 rings (SSSR count). The predicted octanol–water partition coefficient (Wildman–Crippen LogP) is 3.35. The lowest BCUT2D eigenvalue weighted by molar-refractivity contribution is -0.136. The number of carbonyl (C=O) groups excluding carboxylic acids is 3. The Morgan fingerprint density at radius 1 is 0.968 bits per heavy atom. The lowest BCUT2D eigenvalue weighted by atomic mass is 9.86. The second-order valence-corrected chi connectivity index (χ2v) is 11.0. The highest BCUT2D eigenvalue weighted by Gasteiger charge is 2.41. The molecule has 2 aliphatic rings. The number of likely N-dealkylation sites (tertiary alicyclic amines) is 2. The van der Waals surface area contributed by atoms with Gasteiger partial charge in [0.1, 0.15) is 0 Å². The summed E-state index contributed by atoms with van der Waals surface area (Å²) >= 11 is 0. The maximum Gasteiger partial charge on any atom is 0.251 e. The molecule has 1 unspecified atom stereocenters. The molecule has 1 atom stereocenters. The Labute approximate surface area is 186 Å². The van der Waals surface area contributed by atoms with Crippen LogP contribution in [-0.4, -0.2) is 58.7 Å². The van der Waals surface area contributed by atoms with E-state index in [1.54, 1.807) is 0 Å². The quantitative estimate of drug-likeness (QED) is 0.804. The van der Waals surface area contributed by atoms with Gasteiger partial charge in [-0.3, -0.25) is 14.4 Å². The fourth-order valence-electron chi connectivity index (χ4n) is 4.41. The molecular formula is C25H37N3O3. The molecule has 2 aliphatic heterocycles. The van der Waals surface area contributed by atoms with E-state index >= 15 is 0 Å². The molecular weight excluding hydrogens is 390 g/mol. The molecule has 3 amide bonds. The van der Waals surface area contributed by atoms with Gasteiger partial charge in [0.2, 0.25) is 11.8 Å². The van der Waals surface area contributed by atoms with E-state index < -0.39 is 0 Å². The Morgan fingerprint density at radius 3 is 2.03 bits per heavy atom. The van der Waals surface area contributed by atoms with Crippen molar-refractivity contribution in [1.82, 2.24) is 15.1 Å². The molecule has 1 aromatic rings. The van der Waals surface area contributed by atoms with Crippen molar-refractivity contribution in [3.8, 4) is 0 Å². The van der Waals surface area contributed by atoms with Crippen LogP contribution < -0.4 is 5.32 Å². The Morgan fingerprint density at radius 2 is 1.55 bits per heavy atom. The number of hydrogen-bond donors (Lipinski definition) is 1. The van der Waals surface area contributed by atoms with Crippen molar-refractivity contribution >= 4 is 17.7 Å². The fourth-order valence-corrected chi connectivity index (χ4v) is 4.41. The van der Waals surface area contributed by atoms with E-state index in [1.165, 1.54) is 5.56 Å². The van der Waals surface area contributed by atoms with Crippen LogP contribution in [0.3, 0.4) is 0 Å². The largest absolute Gasteiger partial charge is 0.349 e. The monoisotopic (exact) mass is 427 g/mol. The number of benzene rings is 1. The Bertz CT molecular complexity index is 825. The maximum atomic E-state index is 12.9. The number of rotatable bonds is 3. The van der Waals surface area contributed by atoms with Crippen molar-refractivity contribution in [2.24, 2.45) is 5.92 Å². The van der Waals surface area contributed by atoms with Crippen molar-refractivity contribution < 1.29 is 14.4 Å². The average molecular weight is 428 g/mol. The molecule has 6 nitrogen and oxygen atoms in total. The molecule has 0 spiro atoms. The van der Waals surface area contributed by atoms with E-state index in [0.717, 1.165) is 12.8 Å². The highest BCUT2D eigenvalue weighted by molar-refractivity contribution is 5.94. The van der Waals surface area contributed by atoms with Crippen LogP contribution >= 0.6 is 0 Å². The van der Waals surface area contributed by atoms with Crippen LogP contribution in [0, 0.1) is 5.92 Å². The zero-order valence-corrected chi connectivity index (χ0v) is 19.8. The molecule has 0 aliphatic carbocycles. The Hall–Kier alpha value is -2.37. The smallest absolute Gasteiger partial charge is 0.251 e. The van der Waals surface area contributed by atoms with Crippen LogP contribution in [-0.2, 0) is 15.0 Å². The van der Waals surface area contributed by atoms with Gasteiger partial charge in [-0.25, -0.2) is 0 Å². The molecule has 1 aromatic carbocycles. The van der Waals surface area contributed by atoms with Gasteiger partial charge in [0.05, 0.1) is 5.92 Å². The second kappa shape index (κ2) is 8.64. The minimum atomic E-state index is -0.255. The van der Waals surface area contributed by atoms with Crippen LogP contribution in [0.15, 0.2) is 24.3 Å². The van der Waals surface area contributed by atoms with Gasteiger partial charge in [0.25, 0.3) is 5.91 Å². The second-order valence-electron chi connectivity index (χ2n) is 11.0. The van der Waals surface area contributed by atoms with Crippen LogP contribution in [0.4, 0.5) is 0 Å². The van der Waals surface area contributed by atoms with Gasteiger partial charge < -0.3 is 15.1 Å². The van der Waals surface area contributed by atoms with Gasteiger partial charge >= 0.3 is 0 Å². The van der Waals surface area contributed by atoms with E-state index in [9.17, 15) is 14.4 Å². The SMILES string of the molecule is CC(C)(C)c1ccc(C(=O)NC2CCN(C(=O)C3CC(=O)N(C(C)(C)C)C3)CC2)cc1. The van der Waals surface area contributed by atoms with Crippen molar-refractivity contribution in [2.45, 2.75) is 77.8 Å². The average Bonchev–Trinajstić information content (AvgIpc) is 3.09. The number of hydrogen-bond acceptors (Lipinski definition) is 3. The standard InChI is InChI=1S/C25H37N3O3/c1-24(2,3)19-9-7-17(8-10-19)22(30)26-20-11-13-27(14-12-20)23(31)18-15-21(29)28(16-18)25(4,5)6/h7-10,18,20H,11-16H2,1-6H3,(H,26,30). The van der Waals surface area contributed by atoms with Crippen molar-refractivity contribution in [3.63, 3.8) is 0 Å². The third kappa shape index (κ3) is 5.46. The van der Waals surface area contributed by atoms with Crippen molar-refractivity contribution in [2.75, 3.05) is 19.6 Å². The first-order valence-corrected chi connectivity index (χ1v) is 11.4. The lowest BCUT2D eigenvalue weighted by Gasteiger charge is -2.35. The topological polar surface area (TPSA) is 69.7 Å². The number of piperidine rings is 1. The Kier molecular flexibility index (Phi) is 6.49. The van der Waals surface area contributed by atoms with Crippen LogP contribution in [0.25, 0.3) is 0 Å². The summed E-state index contributed by atoms with van der Waals surface area (Å²) in [6, 6.07) is 7.86. The molecule has 0 saturated carbocycles. The van der Waals surface area contributed by atoms with Crippen LogP contribution in [0.2, 0.25) is 0 Å². The number of amides is 3. The minimum Gasteiger partial charge on any atom is -0.349 e. The van der Waals surface area contributed by atoms with E-state index in [4.69, 9.17) is 0 Å².